The highest BCUT2D eigenvalue weighted by Crippen LogP contribution is 2.35. The van der Waals surface area contributed by atoms with Gasteiger partial charge in [-0.3, -0.25) is 19.4 Å². The summed E-state index contributed by atoms with van der Waals surface area (Å²) in [6, 6.07) is 14.6. The van der Waals surface area contributed by atoms with E-state index in [2.05, 4.69) is 20.6 Å². The van der Waals surface area contributed by atoms with Crippen LogP contribution < -0.4 is 16.3 Å². The summed E-state index contributed by atoms with van der Waals surface area (Å²) in [6.45, 7) is 4.81. The van der Waals surface area contributed by atoms with Crippen molar-refractivity contribution >= 4 is 33.8 Å². The summed E-state index contributed by atoms with van der Waals surface area (Å²) < 4.78 is 31.7. The standard InChI is InChI=1S/C26H22F2N6O2.C2H6.2H2/c1-26(27,28)18-6-4-5-7-20(18)34-23-17-12-15(16-9-11-22(31-13-16)32-24(35)29-2)8-10-19(17)30-14-21(23)33(3)25(34)36;1-2;;/h4-14H,1-3H3,(H2,29,31,32,35);1-2H3;2*1H. The first kappa shape index (κ1) is 26.5. The molecule has 3 heterocycles. The molecule has 0 aliphatic rings. The van der Waals surface area contributed by atoms with E-state index >= 15 is 0 Å². The topological polar surface area (TPSA) is 93.8 Å². The van der Waals surface area contributed by atoms with Crippen LogP contribution in [0.5, 0.6) is 0 Å². The number of carbonyl (C=O) groups excluding carboxylic acids is 1. The summed E-state index contributed by atoms with van der Waals surface area (Å²) in [5.74, 6) is -2.76. The monoisotopic (exact) mass is 522 g/mol. The number of nitrogens with zero attached hydrogens (tertiary/aromatic N) is 4. The van der Waals surface area contributed by atoms with Crippen LogP contribution in [-0.4, -0.2) is 32.2 Å². The van der Waals surface area contributed by atoms with Gasteiger partial charge in [-0.25, -0.2) is 23.4 Å². The number of alkyl halides is 2. The second-order valence-corrected chi connectivity index (χ2v) is 8.44. The fraction of sp³-hybridized carbons (Fsp3) is 0.214. The Kier molecular flexibility index (Phi) is 7.25. The predicted octanol–water partition coefficient (Wildman–Crippen LogP) is 6.32. The molecule has 0 saturated heterocycles. The Morgan fingerprint density at radius 2 is 1.71 bits per heavy atom. The zero-order chi connectivity index (χ0) is 27.6. The van der Waals surface area contributed by atoms with E-state index in [1.807, 2.05) is 32.0 Å². The fourth-order valence-corrected chi connectivity index (χ4v) is 4.26. The number of para-hydroxylation sites is 1. The largest absolute Gasteiger partial charge is 0.341 e. The van der Waals surface area contributed by atoms with Crippen molar-refractivity contribution in [3.05, 3.63) is 83.0 Å². The summed E-state index contributed by atoms with van der Waals surface area (Å²) in [5.41, 5.74) is 2.58. The van der Waals surface area contributed by atoms with E-state index in [0.717, 1.165) is 18.1 Å². The number of hydrogen-bond acceptors (Lipinski definition) is 4. The smallest absolute Gasteiger partial charge is 0.333 e. The normalized spacial score (nSPS) is 11.2. The van der Waals surface area contributed by atoms with Gasteiger partial charge in [0, 0.05) is 46.6 Å². The van der Waals surface area contributed by atoms with Crippen LogP contribution in [0.15, 0.2) is 71.8 Å². The maximum absolute atomic E-state index is 14.5. The van der Waals surface area contributed by atoms with Crippen molar-refractivity contribution in [1.29, 1.82) is 0 Å². The van der Waals surface area contributed by atoms with E-state index in [1.54, 1.807) is 37.6 Å². The number of aromatic nitrogens is 4. The number of hydrogen-bond donors (Lipinski definition) is 2. The lowest BCUT2D eigenvalue weighted by Crippen LogP contribution is -2.24. The Balaban J connectivity index is 0.00000137. The first-order chi connectivity index (χ1) is 18.2. The molecule has 5 rings (SSSR count). The van der Waals surface area contributed by atoms with Crippen LogP contribution in [0.4, 0.5) is 19.4 Å². The van der Waals surface area contributed by atoms with Crippen molar-refractivity contribution in [3.63, 3.8) is 0 Å². The summed E-state index contributed by atoms with van der Waals surface area (Å²) in [5, 5.41) is 5.69. The van der Waals surface area contributed by atoms with Gasteiger partial charge in [-0.1, -0.05) is 38.1 Å². The van der Waals surface area contributed by atoms with Gasteiger partial charge < -0.3 is 5.32 Å². The average molecular weight is 523 g/mol. The zero-order valence-electron chi connectivity index (χ0n) is 21.7. The van der Waals surface area contributed by atoms with Gasteiger partial charge in [-0.2, -0.15) is 0 Å². The van der Waals surface area contributed by atoms with Crippen LogP contribution >= 0.6 is 0 Å². The molecule has 0 bridgehead atoms. The van der Waals surface area contributed by atoms with E-state index < -0.39 is 11.6 Å². The van der Waals surface area contributed by atoms with Crippen molar-refractivity contribution in [2.45, 2.75) is 26.7 Å². The summed E-state index contributed by atoms with van der Waals surface area (Å²) in [7, 11) is 3.10. The molecular formula is C28H32F2N6O2. The third-order valence-electron chi connectivity index (χ3n) is 6.07. The van der Waals surface area contributed by atoms with Gasteiger partial charge in [-0.15, -0.1) is 0 Å². The maximum atomic E-state index is 14.5. The Morgan fingerprint density at radius 1 is 1.00 bits per heavy atom. The minimum absolute atomic E-state index is 0. The molecule has 0 fully saturated rings. The lowest BCUT2D eigenvalue weighted by Gasteiger charge is -2.16. The van der Waals surface area contributed by atoms with Crippen LogP contribution in [0.3, 0.4) is 0 Å². The third kappa shape index (κ3) is 4.72. The second-order valence-electron chi connectivity index (χ2n) is 8.44. The summed E-state index contributed by atoms with van der Waals surface area (Å²) in [4.78, 5) is 33.6. The van der Waals surface area contributed by atoms with Gasteiger partial charge in [0.15, 0.2) is 0 Å². The minimum atomic E-state index is -3.15. The van der Waals surface area contributed by atoms with Gasteiger partial charge in [0.2, 0.25) is 0 Å². The summed E-state index contributed by atoms with van der Waals surface area (Å²) in [6.07, 6.45) is 3.19. The number of halogens is 2. The number of fused-ring (bicyclic) bond motifs is 3. The molecular weight excluding hydrogens is 490 g/mol. The van der Waals surface area contributed by atoms with Gasteiger partial charge >= 0.3 is 11.7 Å². The Morgan fingerprint density at radius 3 is 2.37 bits per heavy atom. The fourth-order valence-electron chi connectivity index (χ4n) is 4.26. The Bertz CT molecular complexity index is 1700. The van der Waals surface area contributed by atoms with Crippen LogP contribution in [0.25, 0.3) is 38.8 Å². The molecule has 0 atom stereocenters. The maximum Gasteiger partial charge on any atom is 0.333 e. The number of urea groups is 1. The molecule has 2 N–H and O–H groups in total. The molecule has 0 radical (unpaired) electrons. The van der Waals surface area contributed by atoms with Crippen molar-refractivity contribution < 1.29 is 16.4 Å². The number of amides is 2. The Hall–Kier alpha value is -4.60. The number of pyridine rings is 2. The van der Waals surface area contributed by atoms with E-state index in [1.165, 1.54) is 34.4 Å². The van der Waals surface area contributed by atoms with Gasteiger partial charge in [-0.05, 0) is 35.9 Å². The number of benzene rings is 2. The lowest BCUT2D eigenvalue weighted by atomic mass is 10.0. The summed E-state index contributed by atoms with van der Waals surface area (Å²) >= 11 is 0. The molecule has 0 aliphatic heterocycles. The number of aryl methyl sites for hydroxylation is 1. The molecule has 5 aromatic rings. The number of imidazole rings is 1. The Labute approximate surface area is 220 Å². The highest BCUT2D eigenvalue weighted by Gasteiger charge is 2.30. The van der Waals surface area contributed by atoms with E-state index in [4.69, 9.17) is 0 Å². The molecule has 2 aromatic carbocycles. The number of carbonyl (C=O) groups is 1. The first-order valence-electron chi connectivity index (χ1n) is 12.1. The second kappa shape index (κ2) is 10.4. The zero-order valence-corrected chi connectivity index (χ0v) is 21.7. The SMILES string of the molecule is CC.CNC(=O)Nc1ccc(-c2ccc3ncc4c(c3c2)n(-c2ccccc2C(C)(F)F)c(=O)n4C)cn1.[HH].[HH]. The molecule has 0 aliphatic carbocycles. The first-order valence-corrected chi connectivity index (χ1v) is 12.1. The molecule has 0 saturated carbocycles. The van der Waals surface area contributed by atoms with Crippen molar-refractivity contribution in [3.8, 4) is 16.8 Å². The molecule has 200 valence electrons. The molecule has 10 heteroatoms. The van der Waals surface area contributed by atoms with Crippen LogP contribution in [-0.2, 0) is 13.0 Å². The van der Waals surface area contributed by atoms with Gasteiger partial charge in [0.05, 0.1) is 28.4 Å². The minimum Gasteiger partial charge on any atom is -0.341 e. The number of rotatable bonds is 4. The van der Waals surface area contributed by atoms with Crippen LogP contribution in [0.2, 0.25) is 0 Å². The quantitative estimate of drug-likeness (QED) is 0.289. The molecule has 8 nitrogen and oxygen atoms in total. The average Bonchev–Trinajstić information content (AvgIpc) is 3.19. The molecule has 3 aromatic heterocycles. The molecule has 2 amide bonds. The molecule has 0 spiro atoms. The van der Waals surface area contributed by atoms with E-state index in [0.29, 0.717) is 27.8 Å². The van der Waals surface area contributed by atoms with Crippen LogP contribution in [0, 0.1) is 0 Å². The lowest BCUT2D eigenvalue weighted by molar-refractivity contribution is 0.0175. The molecule has 0 unspecified atom stereocenters. The highest BCUT2D eigenvalue weighted by molar-refractivity contribution is 6.04. The molecule has 38 heavy (non-hydrogen) atoms. The van der Waals surface area contributed by atoms with E-state index in [-0.39, 0.29) is 20.1 Å². The van der Waals surface area contributed by atoms with Crippen molar-refractivity contribution in [1.82, 2.24) is 24.4 Å². The van der Waals surface area contributed by atoms with Crippen molar-refractivity contribution in [2.24, 2.45) is 7.05 Å². The predicted molar refractivity (Wildman–Crippen MR) is 150 cm³/mol. The van der Waals surface area contributed by atoms with Crippen LogP contribution in [0.1, 0.15) is 29.2 Å². The number of anilines is 1. The van der Waals surface area contributed by atoms with Gasteiger partial charge in [0.1, 0.15) is 5.82 Å². The number of nitrogens with one attached hydrogen (secondary N) is 2. The van der Waals surface area contributed by atoms with E-state index in [9.17, 15) is 18.4 Å². The van der Waals surface area contributed by atoms with Crippen molar-refractivity contribution in [2.75, 3.05) is 12.4 Å². The van der Waals surface area contributed by atoms with Gasteiger partial charge in [0.25, 0.3) is 5.92 Å². The highest BCUT2D eigenvalue weighted by atomic mass is 19.3. The third-order valence-corrected chi connectivity index (χ3v) is 6.07.